The van der Waals surface area contributed by atoms with Crippen molar-refractivity contribution in [3.05, 3.63) is 51.2 Å². The Labute approximate surface area is 108 Å². The molecular formula is C12H11ClFNOS. The Kier molecular flexibility index (Phi) is 3.47. The quantitative estimate of drug-likeness (QED) is 0.926. The number of nitrogens with zero attached hydrogens (tertiary/aromatic N) is 1. The van der Waals surface area contributed by atoms with E-state index >= 15 is 0 Å². The maximum Gasteiger partial charge on any atom is 0.141 e. The summed E-state index contributed by atoms with van der Waals surface area (Å²) in [5.74, 6) is -0.420. The lowest BCUT2D eigenvalue weighted by atomic mass is 9.94. The first-order valence-corrected chi connectivity index (χ1v) is 6.36. The van der Waals surface area contributed by atoms with Crippen molar-refractivity contribution in [1.82, 2.24) is 4.98 Å². The van der Waals surface area contributed by atoms with E-state index in [2.05, 4.69) is 4.98 Å². The predicted molar refractivity (Wildman–Crippen MR) is 66.8 cm³/mol. The van der Waals surface area contributed by atoms with Crippen LogP contribution in [-0.2, 0) is 5.60 Å². The Bertz CT molecular complexity index is 513. The van der Waals surface area contributed by atoms with E-state index < -0.39 is 11.4 Å². The summed E-state index contributed by atoms with van der Waals surface area (Å²) in [5, 5.41) is 10.6. The van der Waals surface area contributed by atoms with Crippen LogP contribution >= 0.6 is 22.9 Å². The normalized spacial score (nSPS) is 14.6. The molecule has 90 valence electrons. The van der Waals surface area contributed by atoms with Crippen molar-refractivity contribution in [2.75, 3.05) is 0 Å². The highest BCUT2D eigenvalue weighted by Crippen LogP contribution is 2.37. The summed E-state index contributed by atoms with van der Waals surface area (Å²) >= 11 is 7.16. The van der Waals surface area contributed by atoms with E-state index in [0.29, 0.717) is 21.3 Å². The topological polar surface area (TPSA) is 33.1 Å². The molecule has 0 saturated carbocycles. The van der Waals surface area contributed by atoms with E-state index in [0.717, 1.165) is 6.20 Å². The third-order valence-corrected chi connectivity index (χ3v) is 4.03. The molecule has 0 aliphatic heterocycles. The van der Waals surface area contributed by atoms with Gasteiger partial charge in [-0.15, -0.1) is 11.3 Å². The van der Waals surface area contributed by atoms with Crippen molar-refractivity contribution >= 4 is 22.9 Å². The van der Waals surface area contributed by atoms with E-state index in [9.17, 15) is 9.50 Å². The lowest BCUT2D eigenvalue weighted by Crippen LogP contribution is -2.26. The Balaban J connectivity index is 2.47. The molecular weight excluding hydrogens is 261 g/mol. The van der Waals surface area contributed by atoms with Gasteiger partial charge in [-0.25, -0.2) is 4.39 Å². The minimum atomic E-state index is -1.20. The van der Waals surface area contributed by atoms with Crippen molar-refractivity contribution in [2.24, 2.45) is 0 Å². The van der Waals surface area contributed by atoms with E-state index in [-0.39, 0.29) is 0 Å². The van der Waals surface area contributed by atoms with Gasteiger partial charge in [0.2, 0.25) is 0 Å². The van der Waals surface area contributed by atoms with Crippen molar-refractivity contribution < 1.29 is 9.50 Å². The number of halogens is 2. The molecule has 5 heteroatoms. The van der Waals surface area contributed by atoms with Crippen molar-refractivity contribution in [3.8, 4) is 0 Å². The lowest BCUT2D eigenvalue weighted by molar-refractivity contribution is 0.0756. The maximum absolute atomic E-state index is 12.8. The molecule has 2 aromatic heterocycles. The fourth-order valence-corrected chi connectivity index (χ4v) is 2.85. The molecule has 0 saturated heterocycles. The van der Waals surface area contributed by atoms with Gasteiger partial charge >= 0.3 is 0 Å². The second-order valence-electron chi connectivity index (χ2n) is 3.68. The Hall–Kier alpha value is -0.970. The molecule has 2 heterocycles. The van der Waals surface area contributed by atoms with Crippen molar-refractivity contribution in [1.29, 1.82) is 0 Å². The van der Waals surface area contributed by atoms with Crippen LogP contribution in [0.25, 0.3) is 0 Å². The molecule has 1 atom stereocenters. The summed E-state index contributed by atoms with van der Waals surface area (Å²) in [4.78, 5) is 4.66. The summed E-state index contributed by atoms with van der Waals surface area (Å²) in [6, 6.07) is 6.28. The van der Waals surface area contributed by atoms with Gasteiger partial charge in [0.25, 0.3) is 0 Å². The minimum absolute atomic E-state index is 0.420. The fourth-order valence-electron chi connectivity index (χ4n) is 1.64. The van der Waals surface area contributed by atoms with Gasteiger partial charge in [-0.05, 0) is 30.7 Å². The number of hydrogen-bond acceptors (Lipinski definition) is 3. The molecule has 0 aliphatic rings. The molecule has 0 bridgehead atoms. The summed E-state index contributed by atoms with van der Waals surface area (Å²) < 4.78 is 13.4. The fraction of sp³-hybridized carbons (Fsp3) is 0.250. The summed E-state index contributed by atoms with van der Waals surface area (Å²) in [6.07, 6.45) is 1.55. The minimum Gasteiger partial charge on any atom is -0.378 e. The van der Waals surface area contributed by atoms with Gasteiger partial charge in [-0.2, -0.15) is 0 Å². The number of thiophene rings is 1. The molecule has 2 nitrogen and oxygen atoms in total. The number of aliphatic hydroxyl groups is 1. The molecule has 1 unspecified atom stereocenters. The van der Waals surface area contributed by atoms with Gasteiger partial charge in [0.15, 0.2) is 0 Å². The third-order valence-electron chi connectivity index (χ3n) is 2.64. The van der Waals surface area contributed by atoms with E-state index in [1.807, 2.05) is 6.92 Å². The van der Waals surface area contributed by atoms with Gasteiger partial charge in [0, 0.05) is 4.88 Å². The van der Waals surface area contributed by atoms with Gasteiger partial charge < -0.3 is 5.11 Å². The summed E-state index contributed by atoms with van der Waals surface area (Å²) in [7, 11) is 0. The Morgan fingerprint density at radius 2 is 2.18 bits per heavy atom. The number of pyridine rings is 1. The zero-order valence-electron chi connectivity index (χ0n) is 9.15. The standard InChI is InChI=1S/C12H11ClFNOS/c1-2-12(16,10-5-6-11(13)17-10)9-4-3-8(14)7-15-9/h3-7,16H,2H2,1H3. The zero-order valence-corrected chi connectivity index (χ0v) is 10.7. The number of rotatable bonds is 3. The van der Waals surface area contributed by atoms with Crippen LogP contribution in [0.15, 0.2) is 30.5 Å². The van der Waals surface area contributed by atoms with Crippen LogP contribution in [0.5, 0.6) is 0 Å². The molecule has 0 radical (unpaired) electrons. The Morgan fingerprint density at radius 1 is 1.41 bits per heavy atom. The highest BCUT2D eigenvalue weighted by molar-refractivity contribution is 7.16. The van der Waals surface area contributed by atoms with Gasteiger partial charge in [0.05, 0.1) is 16.2 Å². The van der Waals surface area contributed by atoms with E-state index in [1.165, 1.54) is 23.5 Å². The second kappa shape index (κ2) is 4.72. The maximum atomic E-state index is 12.8. The van der Waals surface area contributed by atoms with Crippen molar-refractivity contribution in [2.45, 2.75) is 18.9 Å². The molecule has 0 spiro atoms. The van der Waals surface area contributed by atoms with Crippen LogP contribution in [0, 0.1) is 5.82 Å². The number of aromatic nitrogens is 1. The third kappa shape index (κ3) is 2.34. The predicted octanol–water partition coefficient (Wildman–Crippen LogP) is 3.58. The summed E-state index contributed by atoms with van der Waals surface area (Å²) in [6.45, 7) is 1.85. The SMILES string of the molecule is CCC(O)(c1ccc(F)cn1)c1ccc(Cl)s1. The molecule has 0 fully saturated rings. The number of hydrogen-bond donors (Lipinski definition) is 1. The molecule has 17 heavy (non-hydrogen) atoms. The first-order chi connectivity index (χ1) is 8.06. The van der Waals surface area contributed by atoms with Gasteiger partial charge in [-0.3, -0.25) is 4.98 Å². The van der Waals surface area contributed by atoms with Crippen LogP contribution in [0.1, 0.15) is 23.9 Å². The van der Waals surface area contributed by atoms with E-state index in [4.69, 9.17) is 11.6 Å². The van der Waals surface area contributed by atoms with Crippen LogP contribution in [0.3, 0.4) is 0 Å². The smallest absolute Gasteiger partial charge is 0.141 e. The highest BCUT2D eigenvalue weighted by Gasteiger charge is 2.32. The lowest BCUT2D eigenvalue weighted by Gasteiger charge is -2.24. The Morgan fingerprint density at radius 3 is 2.65 bits per heavy atom. The molecule has 2 rings (SSSR count). The van der Waals surface area contributed by atoms with Crippen LogP contribution < -0.4 is 0 Å². The van der Waals surface area contributed by atoms with Gasteiger partial charge in [-0.1, -0.05) is 18.5 Å². The summed E-state index contributed by atoms with van der Waals surface area (Å²) in [5.41, 5.74) is -0.772. The highest BCUT2D eigenvalue weighted by atomic mass is 35.5. The average Bonchev–Trinajstić information content (AvgIpc) is 2.76. The monoisotopic (exact) mass is 271 g/mol. The van der Waals surface area contributed by atoms with E-state index in [1.54, 1.807) is 12.1 Å². The molecule has 1 N–H and O–H groups in total. The largest absolute Gasteiger partial charge is 0.378 e. The second-order valence-corrected chi connectivity index (χ2v) is 5.39. The zero-order chi connectivity index (χ0) is 12.5. The molecule has 0 aliphatic carbocycles. The van der Waals surface area contributed by atoms with Crippen LogP contribution in [0.4, 0.5) is 4.39 Å². The molecule has 0 aromatic carbocycles. The van der Waals surface area contributed by atoms with Gasteiger partial charge in [0.1, 0.15) is 11.4 Å². The average molecular weight is 272 g/mol. The first kappa shape index (κ1) is 12.5. The van der Waals surface area contributed by atoms with Crippen LogP contribution in [0.2, 0.25) is 4.34 Å². The van der Waals surface area contributed by atoms with Crippen LogP contribution in [-0.4, -0.2) is 10.1 Å². The molecule has 2 aromatic rings. The first-order valence-electron chi connectivity index (χ1n) is 5.16. The molecule has 0 amide bonds. The van der Waals surface area contributed by atoms with Crippen molar-refractivity contribution in [3.63, 3.8) is 0 Å².